The van der Waals surface area contributed by atoms with E-state index < -0.39 is 0 Å². The van der Waals surface area contributed by atoms with E-state index in [2.05, 4.69) is 59.1 Å². The molecular weight excluding hydrogens is 212 g/mol. The molecule has 1 amide bonds. The van der Waals surface area contributed by atoms with Gasteiger partial charge in [-0.3, -0.25) is 4.79 Å². The number of carbonyl (C=O) groups is 1. The Morgan fingerprint density at radius 1 is 1.12 bits per heavy atom. The van der Waals surface area contributed by atoms with Crippen LogP contribution in [0.1, 0.15) is 61.3 Å². The predicted octanol–water partition coefficient (Wildman–Crippen LogP) is 2.71. The van der Waals surface area contributed by atoms with Gasteiger partial charge in [0.15, 0.2) is 0 Å². The maximum atomic E-state index is 11.8. The average Bonchev–Trinajstić information content (AvgIpc) is 1.95. The molecule has 17 heavy (non-hydrogen) atoms. The van der Waals surface area contributed by atoms with Gasteiger partial charge in [0.25, 0.3) is 0 Å². The van der Waals surface area contributed by atoms with E-state index in [1.54, 1.807) is 0 Å². The molecule has 0 spiro atoms. The molecule has 0 bridgehead atoms. The second-order valence-electron chi connectivity index (χ2n) is 7.03. The summed E-state index contributed by atoms with van der Waals surface area (Å²) in [5.41, 5.74) is 0.0973. The summed E-state index contributed by atoms with van der Waals surface area (Å²) in [5, 5.41) is 6.36. The van der Waals surface area contributed by atoms with Gasteiger partial charge < -0.3 is 10.6 Å². The quantitative estimate of drug-likeness (QED) is 0.752. The second kappa shape index (κ2) is 6.39. The Balaban J connectivity index is 4.01. The molecular formula is C14H30N2O. The number of amides is 1. The van der Waals surface area contributed by atoms with E-state index in [4.69, 9.17) is 0 Å². The molecule has 3 heteroatoms. The van der Waals surface area contributed by atoms with Crippen LogP contribution in [0.4, 0.5) is 0 Å². The van der Waals surface area contributed by atoms with Crippen LogP contribution in [0.3, 0.4) is 0 Å². The van der Waals surface area contributed by atoms with Crippen LogP contribution in [-0.2, 0) is 4.79 Å². The molecule has 0 aliphatic rings. The molecule has 0 aliphatic carbocycles. The molecule has 0 aromatic rings. The topological polar surface area (TPSA) is 41.1 Å². The highest BCUT2D eigenvalue weighted by Crippen LogP contribution is 2.26. The van der Waals surface area contributed by atoms with Gasteiger partial charge in [0.2, 0.25) is 5.91 Å². The fourth-order valence-electron chi connectivity index (χ4n) is 2.28. The molecule has 0 unspecified atom stereocenters. The minimum absolute atomic E-state index is 0.132. The lowest BCUT2D eigenvalue weighted by atomic mass is 9.82. The van der Waals surface area contributed by atoms with Gasteiger partial charge in [-0.25, -0.2) is 0 Å². The Hall–Kier alpha value is -0.570. The molecule has 2 N–H and O–H groups in total. The Morgan fingerprint density at radius 3 is 2.06 bits per heavy atom. The third kappa shape index (κ3) is 10.3. The zero-order chi connectivity index (χ0) is 13.7. The van der Waals surface area contributed by atoms with Crippen LogP contribution in [0.5, 0.6) is 0 Å². The number of rotatable bonds is 6. The Labute approximate surface area is 107 Å². The van der Waals surface area contributed by atoms with Gasteiger partial charge in [-0.05, 0) is 25.7 Å². The van der Waals surface area contributed by atoms with Crippen LogP contribution in [-0.4, -0.2) is 24.0 Å². The third-order valence-corrected chi connectivity index (χ3v) is 2.35. The first-order valence-electron chi connectivity index (χ1n) is 6.56. The predicted molar refractivity (Wildman–Crippen MR) is 74.0 cm³/mol. The molecule has 0 aromatic carbocycles. The fraction of sp³-hybridized carbons (Fsp3) is 0.929. The number of nitrogens with one attached hydrogen (secondary N) is 2. The van der Waals surface area contributed by atoms with Crippen LogP contribution in [0.2, 0.25) is 0 Å². The van der Waals surface area contributed by atoms with Gasteiger partial charge in [0, 0.05) is 24.5 Å². The summed E-state index contributed by atoms with van der Waals surface area (Å²) in [4.78, 5) is 11.8. The van der Waals surface area contributed by atoms with Crippen molar-refractivity contribution < 1.29 is 4.79 Å². The van der Waals surface area contributed by atoms with Gasteiger partial charge in [0.05, 0.1) is 0 Å². The van der Waals surface area contributed by atoms with E-state index in [0.29, 0.717) is 12.5 Å². The molecule has 0 atom stereocenters. The lowest BCUT2D eigenvalue weighted by Gasteiger charge is -2.33. The summed E-state index contributed by atoms with van der Waals surface area (Å²) in [6.45, 7) is 15.7. The lowest BCUT2D eigenvalue weighted by molar-refractivity contribution is -0.122. The summed E-state index contributed by atoms with van der Waals surface area (Å²) in [7, 11) is 0. The maximum absolute atomic E-state index is 11.8. The monoisotopic (exact) mass is 242 g/mol. The van der Waals surface area contributed by atoms with Crippen molar-refractivity contribution in [3.63, 3.8) is 0 Å². The van der Waals surface area contributed by atoms with Crippen molar-refractivity contribution in [1.29, 1.82) is 0 Å². The Morgan fingerprint density at radius 2 is 1.65 bits per heavy atom. The summed E-state index contributed by atoms with van der Waals surface area (Å²) >= 11 is 0. The second-order valence-corrected chi connectivity index (χ2v) is 7.03. The largest absolute Gasteiger partial charge is 0.351 e. The van der Waals surface area contributed by atoms with E-state index >= 15 is 0 Å². The zero-order valence-corrected chi connectivity index (χ0v) is 12.6. The fourth-order valence-corrected chi connectivity index (χ4v) is 2.28. The lowest BCUT2D eigenvalue weighted by Crippen LogP contribution is -2.46. The molecule has 0 saturated heterocycles. The number of carbonyl (C=O) groups excluding carboxylic acids is 1. The maximum Gasteiger partial charge on any atom is 0.221 e. The third-order valence-electron chi connectivity index (χ3n) is 2.35. The minimum atomic E-state index is -0.132. The first kappa shape index (κ1) is 16.4. The van der Waals surface area contributed by atoms with Crippen molar-refractivity contribution in [2.24, 2.45) is 5.41 Å². The van der Waals surface area contributed by atoms with Crippen molar-refractivity contribution in [2.45, 2.75) is 72.9 Å². The molecule has 0 heterocycles. The van der Waals surface area contributed by atoms with Gasteiger partial charge >= 0.3 is 0 Å². The summed E-state index contributed by atoms with van der Waals surface area (Å²) in [5.74, 6) is 0.132. The molecule has 0 fully saturated rings. The molecule has 102 valence electrons. The summed E-state index contributed by atoms with van der Waals surface area (Å²) in [6, 6.07) is 0.436. The van der Waals surface area contributed by atoms with E-state index in [0.717, 1.165) is 13.0 Å². The first-order chi connectivity index (χ1) is 7.52. The standard InChI is InChI=1S/C14H30N2O/c1-11(2)15-9-8-12(17)16-14(6,7)10-13(3,4)5/h11,15H,8-10H2,1-7H3,(H,16,17). The molecule has 3 nitrogen and oxygen atoms in total. The van der Waals surface area contributed by atoms with Gasteiger partial charge in [-0.15, -0.1) is 0 Å². The van der Waals surface area contributed by atoms with Crippen LogP contribution in [0.25, 0.3) is 0 Å². The molecule has 0 radical (unpaired) electrons. The van der Waals surface area contributed by atoms with E-state index in [1.807, 2.05) is 0 Å². The van der Waals surface area contributed by atoms with Crippen LogP contribution < -0.4 is 10.6 Å². The van der Waals surface area contributed by atoms with E-state index in [1.165, 1.54) is 0 Å². The van der Waals surface area contributed by atoms with Crippen molar-refractivity contribution in [3.8, 4) is 0 Å². The Kier molecular flexibility index (Phi) is 6.17. The van der Waals surface area contributed by atoms with Crippen LogP contribution >= 0.6 is 0 Å². The highest BCUT2D eigenvalue weighted by Gasteiger charge is 2.26. The molecule has 0 saturated carbocycles. The van der Waals surface area contributed by atoms with E-state index in [-0.39, 0.29) is 16.9 Å². The van der Waals surface area contributed by atoms with Gasteiger partial charge in [0.1, 0.15) is 0 Å². The number of hydrogen-bond donors (Lipinski definition) is 2. The normalized spacial score (nSPS) is 12.9. The Bertz CT molecular complexity index is 239. The minimum Gasteiger partial charge on any atom is -0.351 e. The van der Waals surface area contributed by atoms with E-state index in [9.17, 15) is 4.79 Å². The smallest absolute Gasteiger partial charge is 0.221 e. The summed E-state index contributed by atoms with van der Waals surface area (Å²) in [6.07, 6.45) is 1.52. The van der Waals surface area contributed by atoms with Crippen LogP contribution in [0, 0.1) is 5.41 Å². The molecule has 0 aromatic heterocycles. The zero-order valence-electron chi connectivity index (χ0n) is 12.6. The summed E-state index contributed by atoms with van der Waals surface area (Å²) < 4.78 is 0. The van der Waals surface area contributed by atoms with Crippen molar-refractivity contribution in [1.82, 2.24) is 10.6 Å². The van der Waals surface area contributed by atoms with Crippen molar-refractivity contribution in [2.75, 3.05) is 6.54 Å². The average molecular weight is 242 g/mol. The molecule has 0 rings (SSSR count). The van der Waals surface area contributed by atoms with Gasteiger partial charge in [-0.1, -0.05) is 34.6 Å². The van der Waals surface area contributed by atoms with Crippen molar-refractivity contribution >= 4 is 5.91 Å². The van der Waals surface area contributed by atoms with Crippen LogP contribution in [0.15, 0.2) is 0 Å². The highest BCUT2D eigenvalue weighted by atomic mass is 16.1. The van der Waals surface area contributed by atoms with Crippen molar-refractivity contribution in [3.05, 3.63) is 0 Å². The number of hydrogen-bond acceptors (Lipinski definition) is 2. The SMILES string of the molecule is CC(C)NCCC(=O)NC(C)(C)CC(C)(C)C. The first-order valence-corrected chi connectivity index (χ1v) is 6.56. The molecule has 0 aliphatic heterocycles. The highest BCUT2D eigenvalue weighted by molar-refractivity contribution is 5.76. The van der Waals surface area contributed by atoms with Gasteiger partial charge in [-0.2, -0.15) is 0 Å².